The fourth-order valence-electron chi connectivity index (χ4n) is 7.68. The Kier molecular flexibility index (Phi) is 16.7. The second-order valence-corrected chi connectivity index (χ2v) is 15.2. The number of likely N-dealkylation sites (tertiary alicyclic amines) is 1. The average Bonchev–Trinajstić information content (AvgIpc) is 3.47. The number of esters is 1. The van der Waals surface area contributed by atoms with Gasteiger partial charge in [-0.2, -0.15) is 0 Å². The molecule has 3 aromatic carbocycles. The van der Waals surface area contributed by atoms with Crippen LogP contribution in [0.3, 0.4) is 0 Å². The predicted octanol–water partition coefficient (Wildman–Crippen LogP) is 9.16. The molecule has 4 rings (SSSR count). The van der Waals surface area contributed by atoms with Gasteiger partial charge in [-0.3, -0.25) is 9.69 Å². The molecule has 8 nitrogen and oxygen atoms in total. The van der Waals surface area contributed by atoms with Crippen molar-refractivity contribution in [2.75, 3.05) is 54.2 Å². The molecule has 1 fully saturated rings. The molecule has 0 amide bonds. The molecule has 1 aliphatic rings. The Bertz CT molecular complexity index is 1430. The molecule has 1 N–H and O–H groups in total. The van der Waals surface area contributed by atoms with Crippen molar-refractivity contribution in [3.8, 4) is 11.5 Å². The molecule has 1 aliphatic heterocycles. The number of rotatable bonds is 24. The lowest BCUT2D eigenvalue weighted by atomic mass is 9.68. The normalized spacial score (nSPS) is 19.6. The first kappa shape index (κ1) is 42.3. The van der Waals surface area contributed by atoms with E-state index < -0.39 is 16.4 Å². The van der Waals surface area contributed by atoms with Gasteiger partial charge in [0.05, 0.1) is 34.5 Å². The lowest BCUT2D eigenvalue weighted by molar-refractivity contribution is -0.140. The van der Waals surface area contributed by atoms with E-state index in [1.54, 1.807) is 14.2 Å². The average molecular weight is 732 g/mol. The molecule has 3 unspecified atom stereocenters. The molecular formula is C45H65NO7. The monoisotopic (exact) mass is 731 g/mol. The standard InChI is InChI=1S/C45H65NO7/c1-7-8-18-31-52-41(21-16-11-9-10-12-17-22-42(48)51-6)46-32-43(2,34-47)44(3,33-46)35-53-45(36-19-14-13-15-20-36,37-23-27-39(49-4)28-24-37)38-25-29-40(50-5)30-26-38/h13-15,19-20,23-30,41,47H,7-12,16-18,21-22,31-35H2,1-6H3. The first-order chi connectivity index (χ1) is 25.7. The van der Waals surface area contributed by atoms with Crippen LogP contribution in [0.5, 0.6) is 11.5 Å². The van der Waals surface area contributed by atoms with Gasteiger partial charge in [-0.1, -0.05) is 114 Å². The molecule has 8 heteroatoms. The summed E-state index contributed by atoms with van der Waals surface area (Å²) in [6.07, 6.45) is 11.1. The van der Waals surface area contributed by atoms with Crippen LogP contribution in [-0.2, 0) is 24.6 Å². The maximum atomic E-state index is 11.4. The van der Waals surface area contributed by atoms with Crippen LogP contribution >= 0.6 is 0 Å². The molecule has 1 saturated heterocycles. The number of benzene rings is 3. The zero-order chi connectivity index (χ0) is 38.2. The van der Waals surface area contributed by atoms with Crippen molar-refractivity contribution >= 4 is 5.97 Å². The minimum atomic E-state index is -0.945. The van der Waals surface area contributed by atoms with Crippen LogP contribution in [0.2, 0.25) is 0 Å². The van der Waals surface area contributed by atoms with E-state index in [0.29, 0.717) is 13.0 Å². The maximum absolute atomic E-state index is 11.4. The molecule has 3 aromatic rings. The molecule has 0 aromatic heterocycles. The molecule has 292 valence electrons. The van der Waals surface area contributed by atoms with Crippen LogP contribution in [0, 0.1) is 10.8 Å². The summed E-state index contributed by atoms with van der Waals surface area (Å²) in [4.78, 5) is 13.9. The number of carbonyl (C=O) groups excluding carboxylic acids is 1. The number of methoxy groups -OCH3 is 3. The fraction of sp³-hybridized carbons (Fsp3) is 0.578. The molecular weight excluding hydrogens is 666 g/mol. The van der Waals surface area contributed by atoms with Crippen LogP contribution in [0.1, 0.15) is 108 Å². The molecule has 0 aliphatic carbocycles. The second-order valence-electron chi connectivity index (χ2n) is 15.2. The van der Waals surface area contributed by atoms with Crippen LogP contribution in [-0.4, -0.2) is 76.4 Å². The summed E-state index contributed by atoms with van der Waals surface area (Å²) < 4.78 is 30.0. The summed E-state index contributed by atoms with van der Waals surface area (Å²) >= 11 is 0. The van der Waals surface area contributed by atoms with E-state index in [1.165, 1.54) is 7.11 Å². The number of unbranched alkanes of at least 4 members (excludes halogenated alkanes) is 7. The maximum Gasteiger partial charge on any atom is 0.305 e. The van der Waals surface area contributed by atoms with Crippen molar-refractivity contribution in [2.24, 2.45) is 10.8 Å². The molecule has 0 spiro atoms. The van der Waals surface area contributed by atoms with Crippen molar-refractivity contribution in [1.29, 1.82) is 0 Å². The summed E-state index contributed by atoms with van der Waals surface area (Å²) in [6.45, 7) is 9.33. The Hall–Kier alpha value is -3.43. The first-order valence-electron chi connectivity index (χ1n) is 19.7. The summed E-state index contributed by atoms with van der Waals surface area (Å²) in [6, 6.07) is 26.7. The van der Waals surface area contributed by atoms with Crippen molar-refractivity contribution in [3.63, 3.8) is 0 Å². The predicted molar refractivity (Wildman–Crippen MR) is 211 cm³/mol. The molecule has 0 bridgehead atoms. The van der Waals surface area contributed by atoms with Crippen LogP contribution in [0.25, 0.3) is 0 Å². The number of ether oxygens (including phenoxy) is 5. The molecule has 53 heavy (non-hydrogen) atoms. The highest BCUT2D eigenvalue weighted by Crippen LogP contribution is 2.50. The number of hydrogen-bond donors (Lipinski definition) is 1. The lowest BCUT2D eigenvalue weighted by Crippen LogP contribution is -2.46. The van der Waals surface area contributed by atoms with Gasteiger partial charge in [0, 0.05) is 36.9 Å². The smallest absolute Gasteiger partial charge is 0.305 e. The van der Waals surface area contributed by atoms with Gasteiger partial charge in [-0.15, -0.1) is 0 Å². The Morgan fingerprint density at radius 2 is 1.28 bits per heavy atom. The highest BCUT2D eigenvalue weighted by Gasteiger charge is 2.54. The third kappa shape index (κ3) is 10.8. The minimum absolute atomic E-state index is 0.0269. The fourth-order valence-corrected chi connectivity index (χ4v) is 7.68. The largest absolute Gasteiger partial charge is 0.497 e. The molecule has 0 radical (unpaired) electrons. The van der Waals surface area contributed by atoms with E-state index >= 15 is 0 Å². The van der Waals surface area contributed by atoms with E-state index in [2.05, 4.69) is 74.2 Å². The van der Waals surface area contributed by atoms with Gasteiger partial charge < -0.3 is 28.8 Å². The van der Waals surface area contributed by atoms with Crippen molar-refractivity contribution in [1.82, 2.24) is 4.90 Å². The topological polar surface area (TPSA) is 86.7 Å². The highest BCUT2D eigenvalue weighted by atomic mass is 16.5. The third-order valence-corrected chi connectivity index (χ3v) is 11.5. The van der Waals surface area contributed by atoms with Crippen LogP contribution in [0.4, 0.5) is 0 Å². The van der Waals surface area contributed by atoms with Crippen molar-refractivity contribution in [3.05, 3.63) is 95.6 Å². The Morgan fingerprint density at radius 3 is 1.83 bits per heavy atom. The van der Waals surface area contributed by atoms with Crippen LogP contribution < -0.4 is 9.47 Å². The molecule has 1 heterocycles. The van der Waals surface area contributed by atoms with E-state index in [4.69, 9.17) is 23.7 Å². The lowest BCUT2D eigenvalue weighted by Gasteiger charge is -2.43. The van der Waals surface area contributed by atoms with Gasteiger partial charge in [-0.25, -0.2) is 0 Å². The third-order valence-electron chi connectivity index (χ3n) is 11.5. The highest BCUT2D eigenvalue weighted by molar-refractivity contribution is 5.68. The van der Waals surface area contributed by atoms with Crippen molar-refractivity contribution < 1.29 is 33.6 Å². The van der Waals surface area contributed by atoms with Gasteiger partial charge in [0.25, 0.3) is 0 Å². The number of carbonyl (C=O) groups is 1. The summed E-state index contributed by atoms with van der Waals surface area (Å²) in [7, 11) is 4.81. The van der Waals surface area contributed by atoms with E-state index in [1.807, 2.05) is 30.3 Å². The zero-order valence-electron chi connectivity index (χ0n) is 33.2. The Morgan fingerprint density at radius 1 is 0.736 bits per heavy atom. The van der Waals surface area contributed by atoms with E-state index in [9.17, 15) is 9.90 Å². The number of aliphatic hydroxyl groups is 1. The zero-order valence-corrected chi connectivity index (χ0v) is 33.2. The summed E-state index contributed by atoms with van der Waals surface area (Å²) in [5.41, 5.74) is 1.22. The number of hydrogen-bond acceptors (Lipinski definition) is 8. The van der Waals surface area contributed by atoms with Gasteiger partial charge in [-0.05, 0) is 66.6 Å². The SMILES string of the molecule is CCCCCOC(CCCCCCCCC(=O)OC)N1CC(C)(CO)C(C)(COC(c2ccccc2)(c2ccc(OC)cc2)c2ccc(OC)cc2)C1. The molecule has 0 saturated carbocycles. The second kappa shape index (κ2) is 20.9. The van der Waals surface area contributed by atoms with Gasteiger partial charge in [0.2, 0.25) is 0 Å². The first-order valence-corrected chi connectivity index (χ1v) is 19.7. The minimum Gasteiger partial charge on any atom is -0.497 e. The van der Waals surface area contributed by atoms with Crippen LogP contribution in [0.15, 0.2) is 78.9 Å². The number of nitrogens with zero attached hydrogens (tertiary/aromatic N) is 1. The van der Waals surface area contributed by atoms with Gasteiger partial charge >= 0.3 is 5.97 Å². The van der Waals surface area contributed by atoms with E-state index in [-0.39, 0.29) is 18.8 Å². The van der Waals surface area contributed by atoms with Gasteiger partial charge in [0.1, 0.15) is 23.3 Å². The number of aliphatic hydroxyl groups excluding tert-OH is 1. The Balaban J connectivity index is 1.59. The summed E-state index contributed by atoms with van der Waals surface area (Å²) in [5, 5.41) is 11.1. The Labute approximate surface area is 319 Å². The summed E-state index contributed by atoms with van der Waals surface area (Å²) in [5.74, 6) is 1.43. The quantitative estimate of drug-likeness (QED) is 0.0555. The molecule has 3 atom stereocenters. The van der Waals surface area contributed by atoms with Gasteiger partial charge in [0.15, 0.2) is 0 Å². The van der Waals surface area contributed by atoms with E-state index in [0.717, 1.165) is 112 Å². The van der Waals surface area contributed by atoms with Crippen molar-refractivity contribution in [2.45, 2.75) is 103 Å².